The van der Waals surface area contributed by atoms with Gasteiger partial charge in [0.05, 0.1) is 18.1 Å². The molecule has 0 saturated carbocycles. The highest BCUT2D eigenvalue weighted by Gasteiger charge is 2.21. The van der Waals surface area contributed by atoms with E-state index in [1.165, 1.54) is 40.5 Å². The summed E-state index contributed by atoms with van der Waals surface area (Å²) < 4.78 is 5.33. The van der Waals surface area contributed by atoms with Crippen LogP contribution in [0, 0.1) is 10.1 Å². The van der Waals surface area contributed by atoms with E-state index < -0.39 is 4.92 Å². The topological polar surface area (TPSA) is 118 Å². The van der Waals surface area contributed by atoms with Gasteiger partial charge in [-0.3, -0.25) is 24.6 Å². The highest BCUT2D eigenvalue weighted by atomic mass is 32.1. The van der Waals surface area contributed by atoms with Crippen LogP contribution in [0.5, 0.6) is 0 Å². The van der Waals surface area contributed by atoms with Crippen LogP contribution in [0.2, 0.25) is 0 Å². The lowest BCUT2D eigenvalue weighted by molar-refractivity contribution is -0.384. The zero-order valence-corrected chi connectivity index (χ0v) is 16.5. The Hall–Kier alpha value is -2.89. The van der Waals surface area contributed by atoms with E-state index in [9.17, 15) is 19.7 Å². The Morgan fingerprint density at radius 2 is 2.00 bits per heavy atom. The van der Waals surface area contributed by atoms with Crippen LogP contribution in [-0.2, 0) is 9.53 Å². The van der Waals surface area contributed by atoms with Crippen molar-refractivity contribution < 1.29 is 19.2 Å². The van der Waals surface area contributed by atoms with Gasteiger partial charge in [0.15, 0.2) is 5.13 Å². The molecule has 0 unspecified atom stereocenters. The number of nitrogens with zero attached hydrogens (tertiary/aromatic N) is 4. The molecule has 154 valence electrons. The van der Waals surface area contributed by atoms with Gasteiger partial charge in [-0.15, -0.1) is 11.3 Å². The number of ether oxygens (including phenoxy) is 1. The van der Waals surface area contributed by atoms with Crippen molar-refractivity contribution in [2.75, 3.05) is 51.3 Å². The number of nitrogens with one attached hydrogen (secondary N) is 1. The molecule has 1 saturated heterocycles. The minimum absolute atomic E-state index is 0.0945. The molecule has 2 aromatic rings. The summed E-state index contributed by atoms with van der Waals surface area (Å²) in [5.74, 6) is -0.709. The number of carbonyl (C=O) groups excluding carboxylic acids is 2. The lowest BCUT2D eigenvalue weighted by atomic mass is 10.1. The monoisotopic (exact) mass is 419 g/mol. The Bertz CT molecular complexity index is 837. The first kappa shape index (κ1) is 20.8. The minimum atomic E-state index is -0.522. The van der Waals surface area contributed by atoms with Crippen LogP contribution in [0.15, 0.2) is 35.8 Å². The van der Waals surface area contributed by atoms with Gasteiger partial charge in [0.2, 0.25) is 5.91 Å². The number of hydrogen-bond donors (Lipinski definition) is 1. The fourth-order valence-electron chi connectivity index (χ4n) is 2.86. The minimum Gasteiger partial charge on any atom is -0.379 e. The second-order valence-electron chi connectivity index (χ2n) is 6.37. The van der Waals surface area contributed by atoms with Crippen LogP contribution in [0.25, 0.3) is 0 Å². The lowest BCUT2D eigenvalue weighted by Crippen LogP contribution is -2.45. The maximum Gasteiger partial charge on any atom is 0.269 e. The predicted molar refractivity (Wildman–Crippen MR) is 107 cm³/mol. The maximum atomic E-state index is 13.0. The smallest absolute Gasteiger partial charge is 0.269 e. The molecule has 2 heterocycles. The van der Waals surface area contributed by atoms with Crippen molar-refractivity contribution in [1.82, 2.24) is 14.8 Å². The fourth-order valence-corrected chi connectivity index (χ4v) is 3.41. The van der Waals surface area contributed by atoms with Crippen LogP contribution >= 0.6 is 11.3 Å². The molecule has 1 N–H and O–H groups in total. The molecule has 11 heteroatoms. The summed E-state index contributed by atoms with van der Waals surface area (Å²) >= 11 is 1.29. The van der Waals surface area contributed by atoms with Gasteiger partial charge in [0, 0.05) is 55.5 Å². The first-order valence-electron chi connectivity index (χ1n) is 9.06. The van der Waals surface area contributed by atoms with Gasteiger partial charge in [0.1, 0.15) is 6.54 Å². The summed E-state index contributed by atoms with van der Waals surface area (Å²) in [6, 6.07) is 5.37. The molecule has 2 amide bonds. The van der Waals surface area contributed by atoms with E-state index >= 15 is 0 Å². The van der Waals surface area contributed by atoms with Crippen molar-refractivity contribution in [3.05, 3.63) is 51.5 Å². The molecule has 0 radical (unpaired) electrons. The van der Waals surface area contributed by atoms with Gasteiger partial charge in [0.25, 0.3) is 11.6 Å². The van der Waals surface area contributed by atoms with Crippen molar-refractivity contribution in [2.24, 2.45) is 0 Å². The quantitative estimate of drug-likeness (QED) is 0.508. The van der Waals surface area contributed by atoms with Gasteiger partial charge >= 0.3 is 0 Å². The Kier molecular flexibility index (Phi) is 7.22. The summed E-state index contributed by atoms with van der Waals surface area (Å²) in [5.41, 5.74) is 0.197. The van der Waals surface area contributed by atoms with Gasteiger partial charge in [-0.1, -0.05) is 0 Å². The van der Waals surface area contributed by atoms with E-state index in [1.807, 2.05) is 0 Å². The molecule has 3 rings (SSSR count). The second-order valence-corrected chi connectivity index (χ2v) is 7.26. The number of carbonyl (C=O) groups is 2. The standard InChI is InChI=1S/C18H21N5O5S/c24-16(20-18-19-5-12-29-18)13-22(7-6-21-8-10-28-11-9-21)17(25)14-1-3-15(4-2-14)23(26)27/h1-5,12H,6-11,13H2,(H,19,20,24). The molecule has 0 atom stereocenters. The number of rotatable bonds is 8. The Morgan fingerprint density at radius 3 is 2.62 bits per heavy atom. The lowest BCUT2D eigenvalue weighted by Gasteiger charge is -2.30. The average Bonchev–Trinajstić information content (AvgIpc) is 3.24. The number of morpholine rings is 1. The van der Waals surface area contributed by atoms with E-state index in [1.54, 1.807) is 11.6 Å². The normalized spacial score (nSPS) is 14.3. The Labute approximate surface area is 171 Å². The van der Waals surface area contributed by atoms with E-state index in [4.69, 9.17) is 4.74 Å². The first-order chi connectivity index (χ1) is 14.0. The van der Waals surface area contributed by atoms with Crippen molar-refractivity contribution >= 4 is 34.0 Å². The Morgan fingerprint density at radius 1 is 1.28 bits per heavy atom. The zero-order chi connectivity index (χ0) is 20.6. The molecule has 1 aliphatic rings. The number of amides is 2. The molecule has 1 aliphatic heterocycles. The van der Waals surface area contributed by atoms with Crippen LogP contribution in [0.1, 0.15) is 10.4 Å². The van der Waals surface area contributed by atoms with Crippen LogP contribution < -0.4 is 5.32 Å². The third kappa shape index (κ3) is 6.04. The average molecular weight is 419 g/mol. The first-order valence-corrected chi connectivity index (χ1v) is 9.94. The molecule has 1 aromatic heterocycles. The van der Waals surface area contributed by atoms with Crippen molar-refractivity contribution in [3.63, 3.8) is 0 Å². The zero-order valence-electron chi connectivity index (χ0n) is 15.7. The van der Waals surface area contributed by atoms with E-state index in [0.717, 1.165) is 13.1 Å². The molecular weight excluding hydrogens is 398 g/mol. The van der Waals surface area contributed by atoms with E-state index in [-0.39, 0.29) is 24.0 Å². The second kappa shape index (κ2) is 10.0. The summed E-state index contributed by atoms with van der Waals surface area (Å²) in [4.78, 5) is 43.3. The van der Waals surface area contributed by atoms with E-state index in [2.05, 4.69) is 15.2 Å². The van der Waals surface area contributed by atoms with Crippen LogP contribution in [-0.4, -0.2) is 77.5 Å². The fraction of sp³-hybridized carbons (Fsp3) is 0.389. The third-order valence-electron chi connectivity index (χ3n) is 4.42. The van der Waals surface area contributed by atoms with Crippen molar-refractivity contribution in [3.8, 4) is 0 Å². The molecule has 1 aromatic carbocycles. The molecular formula is C18H21N5O5S. The van der Waals surface area contributed by atoms with Gasteiger partial charge < -0.3 is 15.0 Å². The van der Waals surface area contributed by atoms with E-state index in [0.29, 0.717) is 37.0 Å². The molecule has 0 spiro atoms. The maximum absolute atomic E-state index is 13.0. The van der Waals surface area contributed by atoms with Crippen molar-refractivity contribution in [1.29, 1.82) is 0 Å². The van der Waals surface area contributed by atoms with Crippen molar-refractivity contribution in [2.45, 2.75) is 0 Å². The summed E-state index contributed by atoms with van der Waals surface area (Å²) in [5, 5.41) is 15.7. The molecule has 0 bridgehead atoms. The largest absolute Gasteiger partial charge is 0.379 e. The number of thiazole rings is 1. The summed E-state index contributed by atoms with van der Waals surface area (Å²) in [7, 11) is 0. The number of benzene rings is 1. The molecule has 29 heavy (non-hydrogen) atoms. The number of nitro groups is 1. The van der Waals surface area contributed by atoms with Crippen LogP contribution in [0.3, 0.4) is 0 Å². The molecule has 1 fully saturated rings. The summed E-state index contributed by atoms with van der Waals surface area (Å²) in [6.07, 6.45) is 1.58. The van der Waals surface area contributed by atoms with Gasteiger partial charge in [-0.05, 0) is 12.1 Å². The molecule has 0 aliphatic carbocycles. The highest BCUT2D eigenvalue weighted by Crippen LogP contribution is 2.15. The number of aromatic nitrogens is 1. The number of non-ortho nitro benzene ring substituents is 1. The highest BCUT2D eigenvalue weighted by molar-refractivity contribution is 7.13. The van der Waals surface area contributed by atoms with Gasteiger partial charge in [-0.25, -0.2) is 4.98 Å². The third-order valence-corrected chi connectivity index (χ3v) is 5.10. The number of nitro benzene ring substituents is 1. The number of hydrogen-bond acceptors (Lipinski definition) is 8. The Balaban J connectivity index is 1.68. The summed E-state index contributed by atoms with van der Waals surface area (Å²) in [6.45, 7) is 3.63. The van der Waals surface area contributed by atoms with Crippen LogP contribution in [0.4, 0.5) is 10.8 Å². The number of anilines is 1. The SMILES string of the molecule is O=C(CN(CCN1CCOCC1)C(=O)c1ccc([N+](=O)[O-])cc1)Nc1nccs1. The van der Waals surface area contributed by atoms with Gasteiger partial charge in [-0.2, -0.15) is 0 Å². The molecule has 10 nitrogen and oxygen atoms in total. The predicted octanol–water partition coefficient (Wildman–Crippen LogP) is 1.46.